The van der Waals surface area contributed by atoms with E-state index in [-0.39, 0.29) is 11.9 Å². The standard InChI is InChI=1S/C15H14ClN5O2/c1-3-21-9(2)8-12(20-21)13(22)17-15-19-18-14(23-15)10-6-4-5-7-11(10)16/h4-8H,3H2,1-2H3,(H,17,19,22). The van der Waals surface area contributed by atoms with Crippen LogP contribution < -0.4 is 5.32 Å². The molecule has 0 saturated heterocycles. The summed E-state index contributed by atoms with van der Waals surface area (Å²) in [6.07, 6.45) is 0. The van der Waals surface area contributed by atoms with E-state index in [1.165, 1.54) is 0 Å². The predicted octanol–water partition coefficient (Wildman–Crippen LogP) is 3.17. The average Bonchev–Trinajstić information content (AvgIpc) is 3.14. The van der Waals surface area contributed by atoms with Gasteiger partial charge in [-0.25, -0.2) is 0 Å². The molecule has 0 unspecified atom stereocenters. The van der Waals surface area contributed by atoms with E-state index in [0.717, 1.165) is 5.69 Å². The maximum Gasteiger partial charge on any atom is 0.322 e. The third-order valence-electron chi connectivity index (χ3n) is 3.26. The van der Waals surface area contributed by atoms with Gasteiger partial charge in [-0.1, -0.05) is 28.8 Å². The molecular weight excluding hydrogens is 318 g/mol. The Labute approximate surface area is 137 Å². The van der Waals surface area contributed by atoms with Crippen molar-refractivity contribution in [1.29, 1.82) is 0 Å². The molecule has 0 aliphatic carbocycles. The highest BCUT2D eigenvalue weighted by atomic mass is 35.5. The van der Waals surface area contributed by atoms with Crippen molar-refractivity contribution in [2.75, 3.05) is 5.32 Å². The summed E-state index contributed by atoms with van der Waals surface area (Å²) in [6.45, 7) is 4.53. The highest BCUT2D eigenvalue weighted by Crippen LogP contribution is 2.27. The zero-order chi connectivity index (χ0) is 16.4. The summed E-state index contributed by atoms with van der Waals surface area (Å²) >= 11 is 6.08. The molecule has 0 aliphatic rings. The number of halogens is 1. The number of carbonyl (C=O) groups is 1. The molecule has 0 atom stereocenters. The summed E-state index contributed by atoms with van der Waals surface area (Å²) < 4.78 is 7.17. The molecule has 1 amide bonds. The van der Waals surface area contributed by atoms with Crippen molar-refractivity contribution in [3.05, 3.63) is 46.7 Å². The molecule has 0 spiro atoms. The summed E-state index contributed by atoms with van der Waals surface area (Å²) in [5.74, 6) is -0.171. The van der Waals surface area contributed by atoms with Crippen molar-refractivity contribution in [1.82, 2.24) is 20.0 Å². The molecule has 23 heavy (non-hydrogen) atoms. The van der Waals surface area contributed by atoms with E-state index in [0.29, 0.717) is 22.8 Å². The first-order chi connectivity index (χ1) is 11.1. The fraction of sp³-hybridized carbons (Fsp3) is 0.200. The third kappa shape index (κ3) is 3.09. The van der Waals surface area contributed by atoms with Gasteiger partial charge in [-0.05, 0) is 32.0 Å². The first-order valence-corrected chi connectivity index (χ1v) is 7.40. The summed E-state index contributed by atoms with van der Waals surface area (Å²) in [7, 11) is 0. The van der Waals surface area contributed by atoms with Crippen LogP contribution in [0.4, 0.5) is 6.01 Å². The summed E-state index contributed by atoms with van der Waals surface area (Å²) in [5.41, 5.74) is 1.80. The number of hydrogen-bond donors (Lipinski definition) is 1. The Hall–Kier alpha value is -2.67. The fourth-order valence-corrected chi connectivity index (χ4v) is 2.34. The Balaban J connectivity index is 1.79. The number of aryl methyl sites for hydroxylation is 2. The van der Waals surface area contributed by atoms with Crippen molar-refractivity contribution >= 4 is 23.5 Å². The molecule has 7 nitrogen and oxygen atoms in total. The third-order valence-corrected chi connectivity index (χ3v) is 3.59. The van der Waals surface area contributed by atoms with E-state index >= 15 is 0 Å². The number of rotatable bonds is 4. The van der Waals surface area contributed by atoms with Crippen LogP contribution in [0.3, 0.4) is 0 Å². The zero-order valence-electron chi connectivity index (χ0n) is 12.6. The van der Waals surface area contributed by atoms with Crippen molar-refractivity contribution in [2.24, 2.45) is 0 Å². The lowest BCUT2D eigenvalue weighted by Crippen LogP contribution is -2.13. The molecule has 3 rings (SSSR count). The fourth-order valence-electron chi connectivity index (χ4n) is 2.12. The van der Waals surface area contributed by atoms with E-state index in [2.05, 4.69) is 20.6 Å². The topological polar surface area (TPSA) is 85.8 Å². The Kier molecular flexibility index (Phi) is 4.12. The molecule has 2 heterocycles. The van der Waals surface area contributed by atoms with E-state index < -0.39 is 5.91 Å². The molecule has 1 aromatic carbocycles. The summed E-state index contributed by atoms with van der Waals surface area (Å²) in [5, 5.41) is 14.9. The first kappa shape index (κ1) is 15.2. The minimum Gasteiger partial charge on any atom is -0.403 e. The van der Waals surface area contributed by atoms with Crippen LogP contribution >= 0.6 is 11.6 Å². The van der Waals surface area contributed by atoms with Crippen LogP contribution in [0, 0.1) is 6.92 Å². The Bertz CT molecular complexity index is 855. The number of amides is 1. The van der Waals surface area contributed by atoms with Crippen molar-refractivity contribution in [2.45, 2.75) is 20.4 Å². The second-order valence-electron chi connectivity index (χ2n) is 4.83. The van der Waals surface area contributed by atoms with Gasteiger partial charge in [0.1, 0.15) is 0 Å². The van der Waals surface area contributed by atoms with Gasteiger partial charge >= 0.3 is 6.01 Å². The minimum absolute atomic E-state index is 0.00591. The van der Waals surface area contributed by atoms with Gasteiger partial charge in [0.25, 0.3) is 11.8 Å². The zero-order valence-corrected chi connectivity index (χ0v) is 13.3. The molecule has 0 bridgehead atoms. The number of nitrogens with zero attached hydrogens (tertiary/aromatic N) is 4. The van der Waals surface area contributed by atoms with E-state index in [1.54, 1.807) is 28.9 Å². The molecular formula is C15H14ClN5O2. The van der Waals surface area contributed by atoms with Crippen LogP contribution in [0.15, 0.2) is 34.7 Å². The van der Waals surface area contributed by atoms with Crippen LogP contribution in [-0.4, -0.2) is 25.9 Å². The van der Waals surface area contributed by atoms with Crippen LogP contribution in [0.25, 0.3) is 11.5 Å². The SMILES string of the molecule is CCn1nc(C(=O)Nc2nnc(-c3ccccc3Cl)o2)cc1C. The Morgan fingerprint density at radius 3 is 2.83 bits per heavy atom. The van der Waals surface area contributed by atoms with Gasteiger partial charge in [0, 0.05) is 12.2 Å². The maximum atomic E-state index is 12.2. The smallest absolute Gasteiger partial charge is 0.322 e. The normalized spacial score (nSPS) is 10.7. The quantitative estimate of drug-likeness (QED) is 0.793. The monoisotopic (exact) mass is 331 g/mol. The second-order valence-corrected chi connectivity index (χ2v) is 5.24. The molecule has 1 N–H and O–H groups in total. The summed E-state index contributed by atoms with van der Waals surface area (Å²) in [6, 6.07) is 8.78. The lowest BCUT2D eigenvalue weighted by molar-refractivity contribution is 0.101. The van der Waals surface area contributed by atoms with Crippen LogP contribution in [0.1, 0.15) is 23.1 Å². The van der Waals surface area contributed by atoms with Gasteiger partial charge in [0.05, 0.1) is 10.6 Å². The van der Waals surface area contributed by atoms with Crippen LogP contribution in [-0.2, 0) is 6.54 Å². The molecule has 3 aromatic rings. The van der Waals surface area contributed by atoms with Gasteiger partial charge in [0.2, 0.25) is 0 Å². The highest BCUT2D eigenvalue weighted by molar-refractivity contribution is 6.33. The number of anilines is 1. The van der Waals surface area contributed by atoms with E-state index in [9.17, 15) is 4.79 Å². The summed E-state index contributed by atoms with van der Waals surface area (Å²) in [4.78, 5) is 12.2. The van der Waals surface area contributed by atoms with Crippen LogP contribution in [0.2, 0.25) is 5.02 Å². The average molecular weight is 332 g/mol. The molecule has 0 fully saturated rings. The highest BCUT2D eigenvalue weighted by Gasteiger charge is 2.16. The van der Waals surface area contributed by atoms with Crippen molar-refractivity contribution in [3.8, 4) is 11.5 Å². The largest absolute Gasteiger partial charge is 0.403 e. The molecule has 8 heteroatoms. The van der Waals surface area contributed by atoms with E-state index in [4.69, 9.17) is 16.0 Å². The van der Waals surface area contributed by atoms with Crippen molar-refractivity contribution in [3.63, 3.8) is 0 Å². The molecule has 118 valence electrons. The molecule has 0 saturated carbocycles. The number of hydrogen-bond acceptors (Lipinski definition) is 5. The van der Waals surface area contributed by atoms with Gasteiger partial charge in [-0.3, -0.25) is 14.8 Å². The van der Waals surface area contributed by atoms with Gasteiger partial charge in [0.15, 0.2) is 5.69 Å². The molecule has 2 aromatic heterocycles. The number of carbonyl (C=O) groups excluding carboxylic acids is 1. The maximum absolute atomic E-state index is 12.2. The van der Waals surface area contributed by atoms with Gasteiger partial charge in [-0.2, -0.15) is 5.10 Å². The Morgan fingerprint density at radius 2 is 2.13 bits per heavy atom. The van der Waals surface area contributed by atoms with E-state index in [1.807, 2.05) is 19.9 Å². The van der Waals surface area contributed by atoms with Gasteiger partial charge in [-0.15, -0.1) is 5.10 Å². The Morgan fingerprint density at radius 1 is 1.35 bits per heavy atom. The number of nitrogens with one attached hydrogen (secondary N) is 1. The second kappa shape index (κ2) is 6.21. The lowest BCUT2D eigenvalue weighted by Gasteiger charge is -1.98. The van der Waals surface area contributed by atoms with Crippen molar-refractivity contribution < 1.29 is 9.21 Å². The number of aromatic nitrogens is 4. The van der Waals surface area contributed by atoms with Crippen LogP contribution in [0.5, 0.6) is 0 Å². The van der Waals surface area contributed by atoms with Gasteiger partial charge < -0.3 is 4.42 Å². The number of benzene rings is 1. The minimum atomic E-state index is -0.408. The lowest BCUT2D eigenvalue weighted by atomic mass is 10.2. The molecule has 0 radical (unpaired) electrons. The first-order valence-electron chi connectivity index (χ1n) is 7.02. The predicted molar refractivity (Wildman–Crippen MR) is 85.3 cm³/mol. The molecule has 0 aliphatic heterocycles.